The number of ether oxygens (including phenoxy) is 1. The molecule has 1 unspecified atom stereocenters. The SMILES string of the molecule is CC1=C(C#N)C(c2ccc3[nH]ncc3c2)C(C#N)=C(c2ccc(N3CCOCC3)c(F)c2)N1. The molecule has 3 aromatic rings. The van der Waals surface area contributed by atoms with Crippen molar-refractivity contribution in [1.82, 2.24) is 15.5 Å². The van der Waals surface area contributed by atoms with Gasteiger partial charge in [0.15, 0.2) is 0 Å². The molecule has 0 aliphatic carbocycles. The number of morpholine rings is 1. The second kappa shape index (κ2) is 8.42. The van der Waals surface area contributed by atoms with Crippen molar-refractivity contribution < 1.29 is 9.13 Å². The van der Waals surface area contributed by atoms with Gasteiger partial charge in [-0.25, -0.2) is 4.39 Å². The number of nitrogens with one attached hydrogen (secondary N) is 2. The zero-order chi connectivity index (χ0) is 22.9. The van der Waals surface area contributed by atoms with Crippen LogP contribution in [-0.4, -0.2) is 36.5 Å². The van der Waals surface area contributed by atoms with Crippen LogP contribution in [0.5, 0.6) is 0 Å². The zero-order valence-corrected chi connectivity index (χ0v) is 18.0. The molecule has 0 amide bonds. The summed E-state index contributed by atoms with van der Waals surface area (Å²) in [6, 6.07) is 15.2. The van der Waals surface area contributed by atoms with Crippen LogP contribution in [0.15, 0.2) is 59.4 Å². The van der Waals surface area contributed by atoms with Gasteiger partial charge in [0.25, 0.3) is 0 Å². The molecule has 0 bridgehead atoms. The summed E-state index contributed by atoms with van der Waals surface area (Å²) < 4.78 is 20.5. The fourth-order valence-electron chi connectivity index (χ4n) is 4.52. The van der Waals surface area contributed by atoms with Gasteiger partial charge in [0, 0.05) is 29.7 Å². The average molecular weight is 440 g/mol. The van der Waals surface area contributed by atoms with Crippen molar-refractivity contribution >= 4 is 22.3 Å². The van der Waals surface area contributed by atoms with Gasteiger partial charge in [-0.1, -0.05) is 12.1 Å². The van der Waals surface area contributed by atoms with Gasteiger partial charge >= 0.3 is 0 Å². The molecular formula is C25H21FN6O. The molecule has 0 radical (unpaired) electrons. The Kier molecular flexibility index (Phi) is 5.29. The van der Waals surface area contributed by atoms with Crippen LogP contribution in [0.2, 0.25) is 0 Å². The van der Waals surface area contributed by atoms with Gasteiger partial charge in [-0.2, -0.15) is 15.6 Å². The van der Waals surface area contributed by atoms with Crippen LogP contribution < -0.4 is 10.2 Å². The van der Waals surface area contributed by atoms with Gasteiger partial charge in [-0.15, -0.1) is 0 Å². The molecule has 1 atom stereocenters. The van der Waals surface area contributed by atoms with Gasteiger partial charge in [-0.3, -0.25) is 5.10 Å². The first kappa shape index (κ1) is 20.7. The Morgan fingerprint density at radius 1 is 1.09 bits per heavy atom. The first-order valence-corrected chi connectivity index (χ1v) is 10.7. The zero-order valence-electron chi connectivity index (χ0n) is 18.0. The number of aromatic amines is 1. The lowest BCUT2D eigenvalue weighted by Gasteiger charge is -2.30. The van der Waals surface area contributed by atoms with Crippen LogP contribution in [0, 0.1) is 28.5 Å². The Labute approximate surface area is 190 Å². The number of benzene rings is 2. The average Bonchev–Trinajstić information content (AvgIpc) is 3.31. The van der Waals surface area contributed by atoms with Crippen molar-refractivity contribution in [3.63, 3.8) is 0 Å². The van der Waals surface area contributed by atoms with E-state index in [1.165, 1.54) is 6.07 Å². The second-order valence-corrected chi connectivity index (χ2v) is 8.09. The molecule has 164 valence electrons. The summed E-state index contributed by atoms with van der Waals surface area (Å²) in [5.41, 5.74) is 4.74. The number of hydrogen-bond donors (Lipinski definition) is 2. The summed E-state index contributed by atoms with van der Waals surface area (Å²) >= 11 is 0. The molecular weight excluding hydrogens is 419 g/mol. The predicted octanol–water partition coefficient (Wildman–Crippen LogP) is 3.96. The summed E-state index contributed by atoms with van der Waals surface area (Å²) in [7, 11) is 0. The molecule has 33 heavy (non-hydrogen) atoms. The van der Waals surface area contributed by atoms with E-state index in [-0.39, 0.29) is 5.82 Å². The Hall–Kier alpha value is -4.14. The van der Waals surface area contributed by atoms with Gasteiger partial charge in [0.1, 0.15) is 5.82 Å². The molecule has 5 rings (SSSR count). The van der Waals surface area contributed by atoms with Gasteiger partial charge in [-0.05, 0) is 36.8 Å². The Bertz CT molecular complexity index is 1380. The van der Waals surface area contributed by atoms with Crippen molar-refractivity contribution in [2.45, 2.75) is 12.8 Å². The molecule has 1 aromatic heterocycles. The van der Waals surface area contributed by atoms with Crippen molar-refractivity contribution in [3.8, 4) is 12.1 Å². The van der Waals surface area contributed by atoms with Crippen LogP contribution in [0.4, 0.5) is 10.1 Å². The minimum absolute atomic E-state index is 0.356. The van der Waals surface area contributed by atoms with E-state index in [1.807, 2.05) is 29.2 Å². The number of allylic oxidation sites excluding steroid dienone is 3. The molecule has 3 heterocycles. The largest absolute Gasteiger partial charge is 0.378 e. The Morgan fingerprint density at radius 2 is 1.88 bits per heavy atom. The molecule has 1 saturated heterocycles. The van der Waals surface area contributed by atoms with E-state index < -0.39 is 5.92 Å². The minimum atomic E-state index is -0.558. The maximum atomic E-state index is 15.1. The van der Waals surface area contributed by atoms with E-state index in [0.29, 0.717) is 60.1 Å². The third-order valence-electron chi connectivity index (χ3n) is 6.19. The van der Waals surface area contributed by atoms with Gasteiger partial charge in [0.2, 0.25) is 0 Å². The number of halogens is 1. The maximum absolute atomic E-state index is 15.1. The monoisotopic (exact) mass is 440 g/mol. The number of fused-ring (bicyclic) bond motifs is 1. The van der Waals surface area contributed by atoms with E-state index in [4.69, 9.17) is 4.74 Å². The third-order valence-corrected chi connectivity index (χ3v) is 6.19. The highest BCUT2D eigenvalue weighted by atomic mass is 19.1. The molecule has 2 aromatic carbocycles. The lowest BCUT2D eigenvalue weighted by molar-refractivity contribution is 0.122. The molecule has 7 nitrogen and oxygen atoms in total. The first-order valence-electron chi connectivity index (χ1n) is 10.7. The fraction of sp³-hybridized carbons (Fsp3) is 0.240. The van der Waals surface area contributed by atoms with Crippen molar-refractivity contribution in [2.75, 3.05) is 31.2 Å². The number of anilines is 1. The first-order chi connectivity index (χ1) is 16.1. The smallest absolute Gasteiger partial charge is 0.147 e. The van der Waals surface area contributed by atoms with Crippen molar-refractivity contribution in [3.05, 3.63) is 76.4 Å². The number of aromatic nitrogens is 2. The van der Waals surface area contributed by atoms with Crippen LogP contribution in [0.3, 0.4) is 0 Å². The topological polar surface area (TPSA) is 101 Å². The molecule has 0 saturated carbocycles. The lowest BCUT2D eigenvalue weighted by atomic mass is 9.80. The number of hydrogen-bond acceptors (Lipinski definition) is 6. The Balaban J connectivity index is 1.61. The summed E-state index contributed by atoms with van der Waals surface area (Å²) in [4.78, 5) is 1.96. The fourth-order valence-corrected chi connectivity index (χ4v) is 4.52. The number of rotatable bonds is 3. The van der Waals surface area contributed by atoms with E-state index in [2.05, 4.69) is 27.7 Å². The molecule has 1 fully saturated rings. The highest BCUT2D eigenvalue weighted by Crippen LogP contribution is 2.41. The summed E-state index contributed by atoms with van der Waals surface area (Å²) in [6.45, 7) is 4.19. The van der Waals surface area contributed by atoms with Crippen LogP contribution in [0.25, 0.3) is 16.6 Å². The number of dihydropyridines is 1. The minimum Gasteiger partial charge on any atom is -0.378 e. The quantitative estimate of drug-likeness (QED) is 0.639. The van der Waals surface area contributed by atoms with Crippen molar-refractivity contribution in [2.24, 2.45) is 0 Å². The highest BCUT2D eigenvalue weighted by molar-refractivity contribution is 5.82. The van der Waals surface area contributed by atoms with Gasteiger partial charge < -0.3 is 15.0 Å². The molecule has 8 heteroatoms. The normalized spacial score (nSPS) is 18.8. The number of nitrogens with zero attached hydrogens (tertiary/aromatic N) is 4. The standard InChI is InChI=1S/C25H21FN6O/c1-15-19(12-27)24(16-2-4-22-18(10-16)14-29-31-22)20(13-28)25(30-15)17-3-5-23(21(26)11-17)32-6-8-33-9-7-32/h2-5,10-11,14,24,30H,6-9H2,1H3,(H,29,31). The number of nitriles is 2. The second-order valence-electron chi connectivity index (χ2n) is 8.09. The molecule has 2 N–H and O–H groups in total. The van der Waals surface area contributed by atoms with Crippen molar-refractivity contribution in [1.29, 1.82) is 10.5 Å². The van der Waals surface area contributed by atoms with Crippen LogP contribution in [0.1, 0.15) is 24.0 Å². The summed E-state index contributed by atoms with van der Waals surface area (Å²) in [5.74, 6) is -0.914. The summed E-state index contributed by atoms with van der Waals surface area (Å²) in [5, 5.41) is 31.1. The molecule has 2 aliphatic heterocycles. The van der Waals surface area contributed by atoms with E-state index in [1.54, 1.807) is 19.2 Å². The van der Waals surface area contributed by atoms with E-state index in [0.717, 1.165) is 16.5 Å². The Morgan fingerprint density at radius 3 is 2.61 bits per heavy atom. The molecule has 2 aliphatic rings. The third kappa shape index (κ3) is 3.61. The lowest BCUT2D eigenvalue weighted by Crippen LogP contribution is -2.36. The summed E-state index contributed by atoms with van der Waals surface area (Å²) in [6.07, 6.45) is 1.71. The van der Waals surface area contributed by atoms with E-state index in [9.17, 15) is 10.5 Å². The number of H-pyrrole nitrogens is 1. The van der Waals surface area contributed by atoms with Gasteiger partial charge in [0.05, 0.1) is 65.5 Å². The van der Waals surface area contributed by atoms with E-state index >= 15 is 4.39 Å². The predicted molar refractivity (Wildman–Crippen MR) is 122 cm³/mol. The van der Waals surface area contributed by atoms with Crippen LogP contribution >= 0.6 is 0 Å². The van der Waals surface area contributed by atoms with Crippen LogP contribution in [-0.2, 0) is 4.74 Å². The molecule has 0 spiro atoms. The highest BCUT2D eigenvalue weighted by Gasteiger charge is 2.32. The maximum Gasteiger partial charge on any atom is 0.147 e.